The minimum atomic E-state index is 0.186. The maximum atomic E-state index is 8.92. The molecule has 0 spiro atoms. The number of ether oxygens (including phenoxy) is 1. The van der Waals surface area contributed by atoms with Crippen LogP contribution in [0.5, 0.6) is 5.75 Å². The highest BCUT2D eigenvalue weighted by Gasteiger charge is 2.16. The molecule has 0 aromatic carbocycles. The van der Waals surface area contributed by atoms with Gasteiger partial charge >= 0.3 is 0 Å². The summed E-state index contributed by atoms with van der Waals surface area (Å²) >= 11 is 0. The Morgan fingerprint density at radius 1 is 1.32 bits per heavy atom. The average molecular weight is 299 g/mol. The Morgan fingerprint density at radius 2 is 2.23 bits per heavy atom. The zero-order chi connectivity index (χ0) is 15.2. The van der Waals surface area contributed by atoms with Crippen LogP contribution >= 0.6 is 0 Å². The first kappa shape index (κ1) is 14.9. The zero-order valence-corrected chi connectivity index (χ0v) is 12.5. The lowest BCUT2D eigenvalue weighted by molar-refractivity contribution is 0.217. The van der Waals surface area contributed by atoms with Crippen LogP contribution in [0, 0.1) is 0 Å². The van der Waals surface area contributed by atoms with E-state index in [0.717, 1.165) is 42.1 Å². The molecule has 0 radical (unpaired) electrons. The minimum absolute atomic E-state index is 0.186. The van der Waals surface area contributed by atoms with Crippen molar-refractivity contribution in [1.29, 1.82) is 0 Å². The molecule has 2 N–H and O–H groups in total. The molecule has 1 aliphatic heterocycles. The molecule has 0 saturated carbocycles. The van der Waals surface area contributed by atoms with Crippen LogP contribution in [0.4, 0.5) is 0 Å². The first-order chi connectivity index (χ1) is 10.8. The SMILES string of the molecule is OCCCc1cccc(-c2cncc(OCC3CCN3)c2)n1. The number of hydrogen-bond acceptors (Lipinski definition) is 5. The van der Waals surface area contributed by atoms with E-state index in [-0.39, 0.29) is 6.61 Å². The number of aliphatic hydroxyl groups is 1. The molecule has 0 amide bonds. The van der Waals surface area contributed by atoms with Crippen LogP contribution in [0.2, 0.25) is 0 Å². The van der Waals surface area contributed by atoms with Crippen LogP contribution < -0.4 is 10.1 Å². The Morgan fingerprint density at radius 3 is 3.00 bits per heavy atom. The monoisotopic (exact) mass is 299 g/mol. The van der Waals surface area contributed by atoms with E-state index >= 15 is 0 Å². The third-order valence-electron chi connectivity index (χ3n) is 3.78. The number of rotatable bonds is 7. The number of pyridine rings is 2. The van der Waals surface area contributed by atoms with Gasteiger partial charge in [-0.1, -0.05) is 6.07 Å². The van der Waals surface area contributed by atoms with E-state index in [1.165, 1.54) is 6.42 Å². The van der Waals surface area contributed by atoms with Crippen LogP contribution in [0.3, 0.4) is 0 Å². The molecule has 22 heavy (non-hydrogen) atoms. The van der Waals surface area contributed by atoms with Crippen molar-refractivity contribution >= 4 is 0 Å². The summed E-state index contributed by atoms with van der Waals surface area (Å²) in [7, 11) is 0. The number of aryl methyl sites for hydroxylation is 1. The highest BCUT2D eigenvalue weighted by molar-refractivity contribution is 5.59. The van der Waals surface area contributed by atoms with Crippen LogP contribution in [-0.2, 0) is 6.42 Å². The second kappa shape index (κ2) is 7.33. The molecular formula is C17H21N3O2. The molecule has 1 aliphatic rings. The van der Waals surface area contributed by atoms with E-state index in [0.29, 0.717) is 12.6 Å². The summed E-state index contributed by atoms with van der Waals surface area (Å²) in [5.74, 6) is 0.772. The maximum Gasteiger partial charge on any atom is 0.138 e. The van der Waals surface area contributed by atoms with E-state index < -0.39 is 0 Å². The van der Waals surface area contributed by atoms with Gasteiger partial charge < -0.3 is 15.2 Å². The van der Waals surface area contributed by atoms with Gasteiger partial charge in [0.05, 0.1) is 11.9 Å². The van der Waals surface area contributed by atoms with Gasteiger partial charge in [-0.3, -0.25) is 9.97 Å². The number of nitrogens with one attached hydrogen (secondary N) is 1. The van der Waals surface area contributed by atoms with Crippen molar-refractivity contribution in [3.63, 3.8) is 0 Å². The lowest BCUT2D eigenvalue weighted by atomic mass is 10.1. The van der Waals surface area contributed by atoms with Gasteiger partial charge in [0.25, 0.3) is 0 Å². The van der Waals surface area contributed by atoms with Crippen LogP contribution in [-0.4, -0.2) is 40.9 Å². The highest BCUT2D eigenvalue weighted by Crippen LogP contribution is 2.22. The standard InChI is InChI=1S/C17H21N3O2/c21-8-2-4-14-3-1-5-17(20-14)13-9-16(11-18-10-13)22-12-15-6-7-19-15/h1,3,5,9-11,15,19,21H,2,4,6-8,12H2. The quantitative estimate of drug-likeness (QED) is 0.816. The predicted molar refractivity (Wildman–Crippen MR) is 84.8 cm³/mol. The smallest absolute Gasteiger partial charge is 0.138 e. The predicted octanol–water partition coefficient (Wildman–Crippen LogP) is 1.81. The fraction of sp³-hybridized carbons (Fsp3) is 0.412. The minimum Gasteiger partial charge on any atom is -0.490 e. The molecule has 1 unspecified atom stereocenters. The summed E-state index contributed by atoms with van der Waals surface area (Å²) in [6.07, 6.45) is 6.21. The molecule has 0 bridgehead atoms. The molecule has 1 fully saturated rings. The van der Waals surface area contributed by atoms with E-state index in [9.17, 15) is 0 Å². The van der Waals surface area contributed by atoms with Crippen LogP contribution in [0.15, 0.2) is 36.7 Å². The van der Waals surface area contributed by atoms with Crippen molar-refractivity contribution in [2.45, 2.75) is 25.3 Å². The molecule has 2 aromatic rings. The molecule has 2 aromatic heterocycles. The van der Waals surface area contributed by atoms with E-state index in [1.807, 2.05) is 24.3 Å². The zero-order valence-electron chi connectivity index (χ0n) is 12.5. The first-order valence-electron chi connectivity index (χ1n) is 7.73. The van der Waals surface area contributed by atoms with E-state index in [2.05, 4.69) is 15.3 Å². The lowest BCUT2D eigenvalue weighted by Gasteiger charge is -2.27. The Kier molecular flexibility index (Phi) is 4.98. The summed E-state index contributed by atoms with van der Waals surface area (Å²) < 4.78 is 5.78. The Balaban J connectivity index is 1.70. The Bertz CT molecular complexity index is 614. The Labute approximate surface area is 130 Å². The molecule has 5 nitrogen and oxygen atoms in total. The molecule has 3 rings (SSSR count). The third kappa shape index (κ3) is 3.81. The van der Waals surface area contributed by atoms with Gasteiger partial charge in [-0.15, -0.1) is 0 Å². The molecule has 1 atom stereocenters. The van der Waals surface area contributed by atoms with Gasteiger partial charge in [0.15, 0.2) is 0 Å². The van der Waals surface area contributed by atoms with Gasteiger partial charge in [0, 0.05) is 30.1 Å². The number of aromatic nitrogens is 2. The molecule has 116 valence electrons. The third-order valence-corrected chi connectivity index (χ3v) is 3.78. The fourth-order valence-corrected chi connectivity index (χ4v) is 2.37. The molecule has 3 heterocycles. The van der Waals surface area contributed by atoms with E-state index in [4.69, 9.17) is 9.84 Å². The average Bonchev–Trinajstić information content (AvgIpc) is 2.52. The van der Waals surface area contributed by atoms with Gasteiger partial charge in [0.1, 0.15) is 12.4 Å². The molecule has 5 heteroatoms. The molecule has 1 saturated heterocycles. The summed E-state index contributed by atoms with van der Waals surface area (Å²) in [5, 5.41) is 12.2. The first-order valence-corrected chi connectivity index (χ1v) is 7.73. The topological polar surface area (TPSA) is 67.3 Å². The van der Waals surface area contributed by atoms with Gasteiger partial charge in [-0.2, -0.15) is 0 Å². The van der Waals surface area contributed by atoms with Crippen molar-refractivity contribution < 1.29 is 9.84 Å². The number of aliphatic hydroxyl groups excluding tert-OH is 1. The summed E-state index contributed by atoms with van der Waals surface area (Å²) in [4.78, 5) is 8.87. The summed E-state index contributed by atoms with van der Waals surface area (Å²) in [6, 6.07) is 8.37. The van der Waals surface area contributed by atoms with Crippen molar-refractivity contribution in [2.24, 2.45) is 0 Å². The van der Waals surface area contributed by atoms with Crippen molar-refractivity contribution in [1.82, 2.24) is 15.3 Å². The summed E-state index contributed by atoms with van der Waals surface area (Å²) in [6.45, 7) is 1.94. The molecular weight excluding hydrogens is 278 g/mol. The van der Waals surface area contributed by atoms with E-state index in [1.54, 1.807) is 12.4 Å². The highest BCUT2D eigenvalue weighted by atomic mass is 16.5. The van der Waals surface area contributed by atoms with Crippen molar-refractivity contribution in [3.8, 4) is 17.0 Å². The summed E-state index contributed by atoms with van der Waals surface area (Å²) in [5.41, 5.74) is 2.82. The van der Waals surface area contributed by atoms with Crippen LogP contribution in [0.1, 0.15) is 18.5 Å². The normalized spacial score (nSPS) is 17.0. The lowest BCUT2D eigenvalue weighted by Crippen LogP contribution is -2.46. The second-order valence-electron chi connectivity index (χ2n) is 5.50. The Hall–Kier alpha value is -1.98. The number of hydrogen-bond donors (Lipinski definition) is 2. The maximum absolute atomic E-state index is 8.92. The van der Waals surface area contributed by atoms with Gasteiger partial charge in [-0.05, 0) is 44.0 Å². The van der Waals surface area contributed by atoms with Crippen molar-refractivity contribution in [2.75, 3.05) is 19.8 Å². The second-order valence-corrected chi connectivity index (χ2v) is 5.50. The van der Waals surface area contributed by atoms with Crippen LogP contribution in [0.25, 0.3) is 11.3 Å². The van der Waals surface area contributed by atoms with Gasteiger partial charge in [0.2, 0.25) is 0 Å². The van der Waals surface area contributed by atoms with Crippen molar-refractivity contribution in [3.05, 3.63) is 42.4 Å². The largest absolute Gasteiger partial charge is 0.490 e. The number of nitrogens with zero attached hydrogens (tertiary/aromatic N) is 2. The fourth-order valence-electron chi connectivity index (χ4n) is 2.37. The van der Waals surface area contributed by atoms with Gasteiger partial charge in [-0.25, -0.2) is 0 Å². The molecule has 0 aliphatic carbocycles.